The van der Waals surface area contributed by atoms with Crippen LogP contribution in [0.3, 0.4) is 0 Å². The molecular formula is C15H10ClF3N4O. The van der Waals surface area contributed by atoms with Gasteiger partial charge < -0.3 is 4.74 Å². The molecule has 1 atom stereocenters. The highest BCUT2D eigenvalue weighted by Gasteiger charge is 2.44. The second-order valence-electron chi connectivity index (χ2n) is 4.73. The van der Waals surface area contributed by atoms with Gasteiger partial charge in [-0.15, -0.1) is 0 Å². The molecule has 1 unspecified atom stereocenters. The van der Waals surface area contributed by atoms with Crippen molar-refractivity contribution in [3.05, 3.63) is 65.8 Å². The topological polar surface area (TPSA) is 52.8 Å². The van der Waals surface area contributed by atoms with Crippen molar-refractivity contribution in [3.63, 3.8) is 0 Å². The molecule has 2 heterocycles. The molecule has 5 nitrogen and oxygen atoms in total. The van der Waals surface area contributed by atoms with Crippen LogP contribution in [0.25, 0.3) is 5.69 Å². The molecule has 0 spiro atoms. The Morgan fingerprint density at radius 3 is 2.58 bits per heavy atom. The van der Waals surface area contributed by atoms with Crippen molar-refractivity contribution < 1.29 is 17.9 Å². The fourth-order valence-corrected chi connectivity index (χ4v) is 2.28. The van der Waals surface area contributed by atoms with Gasteiger partial charge in [0.15, 0.2) is 0 Å². The van der Waals surface area contributed by atoms with Crippen molar-refractivity contribution in [2.24, 2.45) is 0 Å². The lowest BCUT2D eigenvalue weighted by atomic mass is 10.1. The van der Waals surface area contributed by atoms with Gasteiger partial charge in [-0.2, -0.15) is 18.3 Å². The summed E-state index contributed by atoms with van der Waals surface area (Å²) in [7, 11) is 0. The van der Waals surface area contributed by atoms with Crippen LogP contribution in [0.15, 0.2) is 55.1 Å². The van der Waals surface area contributed by atoms with Crippen LogP contribution in [0.5, 0.6) is 5.88 Å². The van der Waals surface area contributed by atoms with Crippen molar-refractivity contribution in [1.29, 1.82) is 0 Å². The first-order valence-corrected chi connectivity index (χ1v) is 7.13. The molecule has 0 saturated heterocycles. The van der Waals surface area contributed by atoms with Crippen LogP contribution < -0.4 is 4.74 Å². The molecule has 0 aliphatic carbocycles. The maximum Gasteiger partial charge on any atom is 0.429 e. The lowest BCUT2D eigenvalue weighted by Gasteiger charge is -2.23. The largest absolute Gasteiger partial charge is 0.459 e. The van der Waals surface area contributed by atoms with Gasteiger partial charge in [0.05, 0.1) is 5.69 Å². The van der Waals surface area contributed by atoms with E-state index in [4.69, 9.17) is 16.3 Å². The number of para-hydroxylation sites is 1. The van der Waals surface area contributed by atoms with E-state index in [-0.39, 0.29) is 22.3 Å². The SMILES string of the molecule is FC(F)(F)C(Oc1cc(Cl)ncn1)c1ccccc1-n1cccn1. The fourth-order valence-electron chi connectivity index (χ4n) is 2.14. The van der Waals surface area contributed by atoms with Gasteiger partial charge in [-0.05, 0) is 12.1 Å². The molecule has 0 saturated carbocycles. The van der Waals surface area contributed by atoms with E-state index in [2.05, 4.69) is 15.1 Å². The first-order valence-electron chi connectivity index (χ1n) is 6.75. The molecule has 9 heteroatoms. The van der Waals surface area contributed by atoms with Crippen LogP contribution in [0.4, 0.5) is 13.2 Å². The van der Waals surface area contributed by atoms with Crippen molar-refractivity contribution >= 4 is 11.6 Å². The number of ether oxygens (including phenoxy) is 1. The Labute approximate surface area is 139 Å². The zero-order valence-corrected chi connectivity index (χ0v) is 12.7. The molecule has 0 radical (unpaired) electrons. The van der Waals surface area contributed by atoms with E-state index in [9.17, 15) is 13.2 Å². The molecule has 3 rings (SSSR count). The van der Waals surface area contributed by atoms with Crippen molar-refractivity contribution in [2.45, 2.75) is 12.3 Å². The highest BCUT2D eigenvalue weighted by atomic mass is 35.5. The molecule has 0 aliphatic heterocycles. The van der Waals surface area contributed by atoms with Crippen LogP contribution in [0.1, 0.15) is 11.7 Å². The second-order valence-corrected chi connectivity index (χ2v) is 5.12. The van der Waals surface area contributed by atoms with Gasteiger partial charge in [0, 0.05) is 24.0 Å². The van der Waals surface area contributed by atoms with Gasteiger partial charge in [-0.1, -0.05) is 29.8 Å². The zero-order chi connectivity index (χ0) is 17.2. The maximum absolute atomic E-state index is 13.6. The quantitative estimate of drug-likeness (QED) is 0.665. The van der Waals surface area contributed by atoms with Gasteiger partial charge in [0.25, 0.3) is 0 Å². The Balaban J connectivity index is 2.05. The summed E-state index contributed by atoms with van der Waals surface area (Å²) in [6.45, 7) is 0. The first kappa shape index (κ1) is 16.3. The van der Waals surface area contributed by atoms with E-state index in [0.29, 0.717) is 0 Å². The molecule has 0 N–H and O–H groups in total. The summed E-state index contributed by atoms with van der Waals surface area (Å²) in [6.07, 6.45) is -2.84. The Kier molecular flexibility index (Phi) is 4.39. The summed E-state index contributed by atoms with van der Waals surface area (Å²) in [4.78, 5) is 7.29. The Hall–Kier alpha value is -2.61. The normalized spacial score (nSPS) is 12.8. The Morgan fingerprint density at radius 2 is 1.92 bits per heavy atom. The molecule has 1 aromatic carbocycles. The predicted molar refractivity (Wildman–Crippen MR) is 80.0 cm³/mol. The van der Waals surface area contributed by atoms with E-state index in [1.165, 1.54) is 29.1 Å². The molecule has 24 heavy (non-hydrogen) atoms. The molecule has 124 valence electrons. The highest BCUT2D eigenvalue weighted by Crippen LogP contribution is 2.38. The number of halogens is 4. The summed E-state index contributed by atoms with van der Waals surface area (Å²) < 4.78 is 47.2. The zero-order valence-electron chi connectivity index (χ0n) is 12.0. The minimum absolute atomic E-state index is 0.0127. The van der Waals surface area contributed by atoms with Crippen molar-refractivity contribution in [3.8, 4) is 11.6 Å². The molecular weight excluding hydrogens is 345 g/mol. The average Bonchev–Trinajstić information content (AvgIpc) is 3.06. The Bertz CT molecular complexity index is 824. The third-order valence-corrected chi connectivity index (χ3v) is 3.32. The van der Waals surface area contributed by atoms with E-state index in [0.717, 1.165) is 12.4 Å². The molecule has 0 fully saturated rings. The van der Waals surface area contributed by atoms with Gasteiger partial charge in [0.2, 0.25) is 12.0 Å². The summed E-state index contributed by atoms with van der Waals surface area (Å²) in [5.74, 6) is -0.271. The first-order chi connectivity index (χ1) is 11.4. The third-order valence-electron chi connectivity index (χ3n) is 3.11. The van der Waals surface area contributed by atoms with Crippen molar-refractivity contribution in [1.82, 2.24) is 19.7 Å². The van der Waals surface area contributed by atoms with E-state index < -0.39 is 12.3 Å². The predicted octanol–water partition coefficient (Wildman–Crippen LogP) is 4.00. The van der Waals surface area contributed by atoms with Gasteiger partial charge in [0.1, 0.15) is 11.5 Å². The van der Waals surface area contributed by atoms with E-state index >= 15 is 0 Å². The number of hydrogen-bond donors (Lipinski definition) is 0. The molecule has 0 bridgehead atoms. The summed E-state index contributed by atoms with van der Waals surface area (Å²) in [6, 6.07) is 8.71. The van der Waals surface area contributed by atoms with Crippen LogP contribution in [0.2, 0.25) is 5.15 Å². The van der Waals surface area contributed by atoms with Crippen LogP contribution >= 0.6 is 11.6 Å². The van der Waals surface area contributed by atoms with Crippen LogP contribution in [-0.4, -0.2) is 25.9 Å². The number of nitrogens with zero attached hydrogens (tertiary/aromatic N) is 4. The maximum atomic E-state index is 13.6. The molecule has 2 aromatic heterocycles. The number of rotatable bonds is 4. The average molecular weight is 355 g/mol. The van der Waals surface area contributed by atoms with Crippen LogP contribution in [-0.2, 0) is 0 Å². The minimum atomic E-state index is -4.67. The molecule has 3 aromatic rings. The highest BCUT2D eigenvalue weighted by molar-refractivity contribution is 6.29. The van der Waals surface area contributed by atoms with Gasteiger partial charge in [-0.3, -0.25) is 0 Å². The summed E-state index contributed by atoms with van der Waals surface area (Å²) >= 11 is 5.67. The summed E-state index contributed by atoms with van der Waals surface area (Å²) in [5.41, 5.74) is 0.161. The van der Waals surface area contributed by atoms with Gasteiger partial charge >= 0.3 is 6.18 Å². The number of hydrogen-bond acceptors (Lipinski definition) is 4. The third kappa shape index (κ3) is 3.48. The van der Waals surface area contributed by atoms with Gasteiger partial charge in [-0.25, -0.2) is 14.6 Å². The molecule has 0 amide bonds. The standard InChI is InChI=1S/C15H10ClF3N4O/c16-12-8-13(21-9-20-12)24-14(15(17,18)19)10-4-1-2-5-11(10)23-7-3-6-22-23/h1-9,14H. The monoisotopic (exact) mass is 354 g/mol. The smallest absolute Gasteiger partial charge is 0.429 e. The molecule has 0 aliphatic rings. The van der Waals surface area contributed by atoms with Crippen LogP contribution in [0, 0.1) is 0 Å². The summed E-state index contributed by atoms with van der Waals surface area (Å²) in [5, 5.41) is 3.97. The number of alkyl halides is 3. The van der Waals surface area contributed by atoms with E-state index in [1.54, 1.807) is 18.3 Å². The number of benzene rings is 1. The second kappa shape index (κ2) is 6.48. The lowest BCUT2D eigenvalue weighted by molar-refractivity contribution is -0.198. The minimum Gasteiger partial charge on any atom is -0.459 e. The van der Waals surface area contributed by atoms with E-state index in [1.807, 2.05) is 0 Å². The number of aromatic nitrogens is 4. The Morgan fingerprint density at radius 1 is 1.12 bits per heavy atom. The lowest BCUT2D eigenvalue weighted by Crippen LogP contribution is -2.27. The van der Waals surface area contributed by atoms with Crippen molar-refractivity contribution in [2.75, 3.05) is 0 Å². The fraction of sp³-hybridized carbons (Fsp3) is 0.133.